The van der Waals surface area contributed by atoms with Crippen molar-refractivity contribution in [3.05, 3.63) is 24.3 Å². The molecule has 0 heterocycles. The van der Waals surface area contributed by atoms with Crippen LogP contribution in [0.15, 0.2) is 24.3 Å². The first-order chi connectivity index (χ1) is 16.5. The van der Waals surface area contributed by atoms with Gasteiger partial charge >= 0.3 is 59.7 Å². The molecule has 0 aliphatic rings. The standard InChI is InChI=1S/C16H6F18N2O2/c17-9(18,11(21,22)13(25,26)15(29,30)31)7(37)35-5-3-1-2-4-6(5)36-8(38)10(19,20)12(23,24)14(27,28)16(32,33)34/h1-4H,(H,35,37)(H,36,38). The van der Waals surface area contributed by atoms with Crippen LogP contribution in [0.5, 0.6) is 0 Å². The van der Waals surface area contributed by atoms with E-state index in [4.69, 9.17) is 0 Å². The predicted octanol–water partition coefficient (Wildman–Crippen LogP) is 6.50. The van der Waals surface area contributed by atoms with Gasteiger partial charge in [-0.2, -0.15) is 79.0 Å². The van der Waals surface area contributed by atoms with Gasteiger partial charge in [-0.05, 0) is 12.1 Å². The number of alkyl halides is 18. The van der Waals surface area contributed by atoms with Gasteiger partial charge < -0.3 is 10.6 Å². The molecule has 0 fully saturated rings. The smallest absolute Gasteiger partial charge is 0.319 e. The topological polar surface area (TPSA) is 58.2 Å². The second-order valence-corrected chi connectivity index (χ2v) is 6.90. The highest BCUT2D eigenvalue weighted by Crippen LogP contribution is 2.54. The van der Waals surface area contributed by atoms with Gasteiger partial charge in [0.1, 0.15) is 0 Å². The van der Waals surface area contributed by atoms with Gasteiger partial charge in [0, 0.05) is 0 Å². The summed E-state index contributed by atoms with van der Waals surface area (Å²) in [4.78, 5) is 22.9. The molecule has 2 amide bonds. The summed E-state index contributed by atoms with van der Waals surface area (Å²) in [5.74, 6) is -51.6. The summed E-state index contributed by atoms with van der Waals surface area (Å²) >= 11 is 0. The number of amides is 2. The molecule has 0 unspecified atom stereocenters. The van der Waals surface area contributed by atoms with Crippen molar-refractivity contribution in [2.24, 2.45) is 0 Å². The average molecular weight is 600 g/mol. The summed E-state index contributed by atoms with van der Waals surface area (Å²) in [6, 6.07) is 1.28. The van der Waals surface area contributed by atoms with E-state index in [1.54, 1.807) is 0 Å². The zero-order valence-electron chi connectivity index (χ0n) is 16.9. The summed E-state index contributed by atoms with van der Waals surface area (Å²) in [6.07, 6.45) is -14.7. The lowest BCUT2D eigenvalue weighted by molar-refractivity contribution is -0.388. The molecule has 0 saturated heterocycles. The fourth-order valence-corrected chi connectivity index (χ4v) is 2.14. The van der Waals surface area contributed by atoms with E-state index in [-0.39, 0.29) is 12.1 Å². The maximum atomic E-state index is 13.7. The van der Waals surface area contributed by atoms with Crippen LogP contribution < -0.4 is 10.6 Å². The zero-order valence-corrected chi connectivity index (χ0v) is 16.9. The Morgan fingerprint density at radius 1 is 0.447 bits per heavy atom. The second-order valence-electron chi connectivity index (χ2n) is 6.90. The maximum absolute atomic E-state index is 13.7. The van der Waals surface area contributed by atoms with Gasteiger partial charge in [-0.3, -0.25) is 9.59 Å². The van der Waals surface area contributed by atoms with Crippen LogP contribution in [0, 0.1) is 0 Å². The van der Waals surface area contributed by atoms with Gasteiger partial charge in [0.2, 0.25) is 0 Å². The zero-order chi connectivity index (χ0) is 30.6. The van der Waals surface area contributed by atoms with Gasteiger partial charge in [-0.15, -0.1) is 0 Å². The predicted molar refractivity (Wildman–Crippen MR) is 85.5 cm³/mol. The molecule has 218 valence electrons. The Bertz CT molecular complexity index is 976. The lowest BCUT2D eigenvalue weighted by Gasteiger charge is -2.33. The van der Waals surface area contributed by atoms with Crippen molar-refractivity contribution in [3.8, 4) is 0 Å². The third kappa shape index (κ3) is 4.99. The molecule has 22 heteroatoms. The molecule has 0 saturated carbocycles. The molecule has 0 bridgehead atoms. The molecule has 0 aromatic heterocycles. The molecule has 1 rings (SSSR count). The van der Waals surface area contributed by atoms with Crippen LogP contribution in [0.2, 0.25) is 0 Å². The second kappa shape index (κ2) is 9.27. The molecule has 1 aromatic rings. The Morgan fingerprint density at radius 2 is 0.684 bits per heavy atom. The summed E-state index contributed by atoms with van der Waals surface area (Å²) < 4.78 is 232. The van der Waals surface area contributed by atoms with E-state index < -0.39 is 71.1 Å². The van der Waals surface area contributed by atoms with Crippen molar-refractivity contribution in [2.75, 3.05) is 10.6 Å². The molecular formula is C16H6F18N2O2. The van der Waals surface area contributed by atoms with Crippen molar-refractivity contribution >= 4 is 23.2 Å². The van der Waals surface area contributed by atoms with Crippen LogP contribution in [0.1, 0.15) is 0 Å². The van der Waals surface area contributed by atoms with Gasteiger partial charge in [-0.1, -0.05) is 12.1 Å². The number of para-hydroxylation sites is 2. The molecule has 0 aliphatic heterocycles. The highest BCUT2D eigenvalue weighted by Gasteiger charge is 2.85. The van der Waals surface area contributed by atoms with Gasteiger partial charge in [-0.25, -0.2) is 0 Å². The monoisotopic (exact) mass is 600 g/mol. The van der Waals surface area contributed by atoms with E-state index in [0.29, 0.717) is 22.8 Å². The van der Waals surface area contributed by atoms with Crippen molar-refractivity contribution < 1.29 is 88.6 Å². The minimum absolute atomic E-state index is 0.115. The quantitative estimate of drug-likeness (QED) is 0.335. The van der Waals surface area contributed by atoms with Crippen LogP contribution in [0.25, 0.3) is 0 Å². The highest BCUT2D eigenvalue weighted by molar-refractivity contribution is 6.04. The van der Waals surface area contributed by atoms with E-state index in [1.807, 2.05) is 0 Å². The lowest BCUT2D eigenvalue weighted by Crippen LogP contribution is -2.64. The first-order valence-electron chi connectivity index (χ1n) is 8.64. The van der Waals surface area contributed by atoms with Gasteiger partial charge in [0.25, 0.3) is 0 Å². The van der Waals surface area contributed by atoms with Crippen molar-refractivity contribution in [2.45, 2.75) is 47.9 Å². The molecule has 1 aromatic carbocycles. The molecule has 38 heavy (non-hydrogen) atoms. The third-order valence-electron chi connectivity index (χ3n) is 4.28. The van der Waals surface area contributed by atoms with Crippen LogP contribution in [0.3, 0.4) is 0 Å². The van der Waals surface area contributed by atoms with Gasteiger partial charge in [0.15, 0.2) is 0 Å². The van der Waals surface area contributed by atoms with E-state index in [1.165, 1.54) is 0 Å². The number of nitrogens with one attached hydrogen (secondary N) is 2. The Kier molecular flexibility index (Phi) is 8.04. The summed E-state index contributed by atoms with van der Waals surface area (Å²) in [5, 5.41) is 0.971. The fraction of sp³-hybridized carbons (Fsp3) is 0.500. The molecular weight excluding hydrogens is 594 g/mol. The number of hydrogen-bond donors (Lipinski definition) is 2. The minimum Gasteiger partial charge on any atom is -0.319 e. The summed E-state index contributed by atoms with van der Waals surface area (Å²) in [7, 11) is 0. The third-order valence-corrected chi connectivity index (χ3v) is 4.28. The number of rotatable bonds is 8. The van der Waals surface area contributed by atoms with Crippen LogP contribution in [0.4, 0.5) is 90.4 Å². The molecule has 0 spiro atoms. The van der Waals surface area contributed by atoms with E-state index in [2.05, 4.69) is 0 Å². The number of carbonyl (C=O) groups is 2. The van der Waals surface area contributed by atoms with Crippen LogP contribution in [-0.2, 0) is 9.59 Å². The Morgan fingerprint density at radius 3 is 0.895 bits per heavy atom. The number of benzene rings is 1. The minimum atomic E-state index is -7.56. The van der Waals surface area contributed by atoms with Gasteiger partial charge in [0.05, 0.1) is 11.4 Å². The summed E-state index contributed by atoms with van der Waals surface area (Å²) in [6.45, 7) is 0. The van der Waals surface area contributed by atoms with Crippen molar-refractivity contribution in [1.82, 2.24) is 0 Å². The Balaban J connectivity index is 3.38. The van der Waals surface area contributed by atoms with Crippen molar-refractivity contribution in [1.29, 1.82) is 0 Å². The molecule has 0 radical (unpaired) electrons. The number of hydrogen-bond acceptors (Lipinski definition) is 2. The van der Waals surface area contributed by atoms with E-state index in [9.17, 15) is 88.6 Å². The lowest BCUT2D eigenvalue weighted by atomic mass is 10.0. The maximum Gasteiger partial charge on any atom is 0.460 e. The SMILES string of the molecule is O=C(Nc1ccccc1NC(=O)C(F)(F)C(F)(F)C(F)(F)C(F)(F)F)C(F)(F)C(F)(F)C(F)(F)C(F)(F)F. The molecule has 4 nitrogen and oxygen atoms in total. The summed E-state index contributed by atoms with van der Waals surface area (Å²) in [5.41, 5.74) is -3.42. The average Bonchev–Trinajstić information content (AvgIpc) is 2.72. The van der Waals surface area contributed by atoms with Crippen molar-refractivity contribution in [3.63, 3.8) is 0 Å². The first kappa shape index (κ1) is 32.9. The Labute approximate surface area is 195 Å². The normalized spacial score (nSPS) is 14.8. The van der Waals surface area contributed by atoms with E-state index in [0.717, 1.165) is 0 Å². The fourth-order valence-electron chi connectivity index (χ4n) is 2.14. The van der Waals surface area contributed by atoms with E-state index >= 15 is 0 Å². The molecule has 2 N–H and O–H groups in total. The number of anilines is 2. The number of halogens is 18. The largest absolute Gasteiger partial charge is 0.460 e. The van der Waals surface area contributed by atoms with Crippen LogP contribution in [-0.4, -0.2) is 59.7 Å². The first-order valence-corrected chi connectivity index (χ1v) is 8.64. The van der Waals surface area contributed by atoms with Crippen LogP contribution >= 0.6 is 0 Å². The highest BCUT2D eigenvalue weighted by atomic mass is 19.4. The number of carbonyl (C=O) groups excluding carboxylic acids is 2. The molecule has 0 atom stereocenters. The Hall–Kier alpha value is -3.10. The molecule has 0 aliphatic carbocycles.